The van der Waals surface area contributed by atoms with Crippen molar-refractivity contribution in [2.45, 2.75) is 37.6 Å². The molecule has 0 aliphatic rings. The fraction of sp³-hybridized carbons (Fsp3) is 0.846. The average Bonchev–Trinajstić information content (AvgIpc) is 2.49. The van der Waals surface area contributed by atoms with Gasteiger partial charge in [-0.3, -0.25) is 4.79 Å². The molecule has 8 heteroatoms. The van der Waals surface area contributed by atoms with Gasteiger partial charge in [0.25, 0.3) is 0 Å². The Balaban J connectivity index is 3.92. The Hall–Kier alpha value is -1.06. The highest BCUT2D eigenvalue weighted by atomic mass is 16.5. The molecule has 21 heavy (non-hydrogen) atoms. The zero-order valence-electron chi connectivity index (χ0n) is 12.1. The maximum absolute atomic E-state index is 10.9. The molecule has 0 heterocycles. The van der Waals surface area contributed by atoms with Gasteiger partial charge in [-0.2, -0.15) is 0 Å². The van der Waals surface area contributed by atoms with Gasteiger partial charge in [-0.25, -0.2) is 0 Å². The molecule has 4 unspecified atom stereocenters. The molecule has 5 N–H and O–H groups in total. The number of aliphatic hydroxyl groups excluding tert-OH is 4. The standard InChI is InChI=1S/C13H25NO7/c1-21-12(19)4-2-3-5-14-6-10(17)9(7-15)13(20)11(18)8-16/h7,9-11,13-14,16-18,20H,2-6,8H2,1H3. The summed E-state index contributed by atoms with van der Waals surface area (Å²) in [7, 11) is 1.32. The van der Waals surface area contributed by atoms with Crippen LogP contribution >= 0.6 is 0 Å². The van der Waals surface area contributed by atoms with Crippen LogP contribution in [0.4, 0.5) is 0 Å². The minimum atomic E-state index is -1.52. The Bertz CT molecular complexity index is 300. The normalized spacial score (nSPS) is 16.8. The van der Waals surface area contributed by atoms with Gasteiger partial charge < -0.3 is 35.3 Å². The predicted molar refractivity (Wildman–Crippen MR) is 73.4 cm³/mol. The van der Waals surface area contributed by atoms with E-state index in [9.17, 15) is 24.9 Å². The molecule has 0 aromatic rings. The van der Waals surface area contributed by atoms with Gasteiger partial charge in [0.2, 0.25) is 0 Å². The molecule has 0 spiro atoms. The van der Waals surface area contributed by atoms with Crippen molar-refractivity contribution < 1.29 is 34.8 Å². The zero-order chi connectivity index (χ0) is 16.3. The minimum absolute atomic E-state index is 0.0524. The quantitative estimate of drug-likeness (QED) is 0.156. The van der Waals surface area contributed by atoms with Crippen molar-refractivity contribution in [3.05, 3.63) is 0 Å². The number of rotatable bonds is 12. The Morgan fingerprint density at radius 3 is 2.43 bits per heavy atom. The van der Waals surface area contributed by atoms with E-state index in [1.165, 1.54) is 7.11 Å². The van der Waals surface area contributed by atoms with Crippen LogP contribution < -0.4 is 5.32 Å². The second kappa shape index (κ2) is 11.6. The molecule has 8 nitrogen and oxygen atoms in total. The molecule has 0 rings (SSSR count). The number of aldehydes is 1. The Morgan fingerprint density at radius 2 is 1.90 bits per heavy atom. The summed E-state index contributed by atoms with van der Waals surface area (Å²) in [6, 6.07) is 0. The molecule has 124 valence electrons. The monoisotopic (exact) mass is 307 g/mol. The van der Waals surface area contributed by atoms with Crippen molar-refractivity contribution in [1.29, 1.82) is 0 Å². The van der Waals surface area contributed by atoms with Gasteiger partial charge in [0.1, 0.15) is 12.4 Å². The molecular formula is C13H25NO7. The van der Waals surface area contributed by atoms with Crippen LogP contribution in [0, 0.1) is 5.92 Å². The first-order chi connectivity index (χ1) is 9.97. The number of carbonyl (C=O) groups is 2. The number of carbonyl (C=O) groups excluding carboxylic acids is 2. The smallest absolute Gasteiger partial charge is 0.305 e. The van der Waals surface area contributed by atoms with E-state index >= 15 is 0 Å². The van der Waals surface area contributed by atoms with Crippen LogP contribution in [0.3, 0.4) is 0 Å². The molecule has 0 saturated heterocycles. The van der Waals surface area contributed by atoms with E-state index in [1.54, 1.807) is 0 Å². The topological polar surface area (TPSA) is 136 Å². The number of esters is 1. The minimum Gasteiger partial charge on any atom is -0.469 e. The fourth-order valence-corrected chi connectivity index (χ4v) is 1.77. The summed E-state index contributed by atoms with van der Waals surface area (Å²) >= 11 is 0. The van der Waals surface area contributed by atoms with E-state index in [2.05, 4.69) is 10.1 Å². The van der Waals surface area contributed by atoms with Gasteiger partial charge in [0.15, 0.2) is 0 Å². The Kier molecular flexibility index (Phi) is 11.0. The maximum atomic E-state index is 10.9. The van der Waals surface area contributed by atoms with Crippen LogP contribution in [0.25, 0.3) is 0 Å². The number of ether oxygens (including phenoxy) is 1. The van der Waals surface area contributed by atoms with Gasteiger partial charge in [-0.1, -0.05) is 0 Å². The Labute approximate surface area is 123 Å². The van der Waals surface area contributed by atoms with E-state index in [-0.39, 0.29) is 12.5 Å². The number of hydrogen-bond acceptors (Lipinski definition) is 8. The van der Waals surface area contributed by atoms with Crippen molar-refractivity contribution >= 4 is 12.3 Å². The highest BCUT2D eigenvalue weighted by molar-refractivity contribution is 5.68. The van der Waals surface area contributed by atoms with Crippen LogP contribution in [0.5, 0.6) is 0 Å². The molecule has 0 aliphatic heterocycles. The molecule has 4 atom stereocenters. The molecule has 0 radical (unpaired) electrons. The Morgan fingerprint density at radius 1 is 1.24 bits per heavy atom. The van der Waals surface area contributed by atoms with Crippen LogP contribution in [-0.4, -0.2) is 77.8 Å². The molecule has 0 aromatic heterocycles. The number of aliphatic hydroxyl groups is 4. The number of nitrogens with one attached hydrogen (secondary N) is 1. The van der Waals surface area contributed by atoms with E-state index in [0.717, 1.165) is 0 Å². The van der Waals surface area contributed by atoms with Crippen molar-refractivity contribution in [3.8, 4) is 0 Å². The molecule has 0 saturated carbocycles. The number of hydrogen-bond donors (Lipinski definition) is 5. The highest BCUT2D eigenvalue weighted by Gasteiger charge is 2.31. The van der Waals surface area contributed by atoms with Crippen LogP contribution in [0.1, 0.15) is 19.3 Å². The number of methoxy groups -OCH3 is 1. The molecule has 0 aromatic carbocycles. The van der Waals surface area contributed by atoms with Crippen molar-refractivity contribution in [3.63, 3.8) is 0 Å². The summed E-state index contributed by atoms with van der Waals surface area (Å²) < 4.78 is 4.49. The van der Waals surface area contributed by atoms with Gasteiger partial charge in [-0.15, -0.1) is 0 Å². The van der Waals surface area contributed by atoms with E-state index in [4.69, 9.17) is 5.11 Å². The molecule has 0 bridgehead atoms. The van der Waals surface area contributed by atoms with Crippen LogP contribution in [0.2, 0.25) is 0 Å². The summed E-state index contributed by atoms with van der Waals surface area (Å²) in [6.45, 7) is -0.117. The fourth-order valence-electron chi connectivity index (χ4n) is 1.77. The first-order valence-corrected chi connectivity index (χ1v) is 6.85. The lowest BCUT2D eigenvalue weighted by Gasteiger charge is -2.25. The second-order valence-electron chi connectivity index (χ2n) is 4.76. The van der Waals surface area contributed by atoms with E-state index in [1.807, 2.05) is 0 Å². The lowest BCUT2D eigenvalue weighted by Crippen LogP contribution is -2.46. The van der Waals surface area contributed by atoms with Gasteiger partial charge in [0.05, 0.1) is 31.8 Å². The van der Waals surface area contributed by atoms with Crippen molar-refractivity contribution in [2.24, 2.45) is 5.92 Å². The first-order valence-electron chi connectivity index (χ1n) is 6.85. The second-order valence-corrected chi connectivity index (χ2v) is 4.76. The third-order valence-electron chi connectivity index (χ3n) is 3.14. The molecular weight excluding hydrogens is 282 g/mol. The third-order valence-corrected chi connectivity index (χ3v) is 3.14. The van der Waals surface area contributed by atoms with Gasteiger partial charge in [0, 0.05) is 13.0 Å². The predicted octanol–water partition coefficient (Wildman–Crippen LogP) is -2.19. The summed E-state index contributed by atoms with van der Waals surface area (Å²) in [5.41, 5.74) is 0. The molecule has 0 amide bonds. The van der Waals surface area contributed by atoms with Gasteiger partial charge >= 0.3 is 5.97 Å². The van der Waals surface area contributed by atoms with E-state index in [0.29, 0.717) is 32.1 Å². The average molecular weight is 307 g/mol. The van der Waals surface area contributed by atoms with Crippen LogP contribution in [0.15, 0.2) is 0 Å². The van der Waals surface area contributed by atoms with Crippen molar-refractivity contribution in [1.82, 2.24) is 5.32 Å². The van der Waals surface area contributed by atoms with E-state index < -0.39 is 30.8 Å². The van der Waals surface area contributed by atoms with Crippen molar-refractivity contribution in [2.75, 3.05) is 26.8 Å². The first kappa shape index (κ1) is 19.9. The van der Waals surface area contributed by atoms with Gasteiger partial charge in [-0.05, 0) is 19.4 Å². The van der Waals surface area contributed by atoms with Crippen LogP contribution in [-0.2, 0) is 14.3 Å². The largest absolute Gasteiger partial charge is 0.469 e. The summed E-state index contributed by atoms with van der Waals surface area (Å²) in [5, 5.41) is 40.2. The lowest BCUT2D eigenvalue weighted by molar-refractivity contribution is -0.140. The summed E-state index contributed by atoms with van der Waals surface area (Å²) in [6.07, 6.45) is -2.18. The molecule has 0 fully saturated rings. The third kappa shape index (κ3) is 8.08. The SMILES string of the molecule is COC(=O)CCCCNCC(O)C(C=O)C(O)C(O)CO. The lowest BCUT2D eigenvalue weighted by atomic mass is 9.93. The summed E-state index contributed by atoms with van der Waals surface area (Å²) in [4.78, 5) is 21.7. The number of unbranched alkanes of at least 4 members (excludes halogenated alkanes) is 1. The zero-order valence-corrected chi connectivity index (χ0v) is 12.1. The maximum Gasteiger partial charge on any atom is 0.305 e. The highest BCUT2D eigenvalue weighted by Crippen LogP contribution is 2.10. The molecule has 0 aliphatic carbocycles. The summed E-state index contributed by atoms with van der Waals surface area (Å²) in [5.74, 6) is -1.47.